The fourth-order valence-electron chi connectivity index (χ4n) is 3.07. The molecular formula is C24H23N5O3S. The van der Waals surface area contributed by atoms with E-state index in [-0.39, 0.29) is 0 Å². The number of hydrogen-bond donors (Lipinski definition) is 1. The summed E-state index contributed by atoms with van der Waals surface area (Å²) >= 11 is 0. The molecule has 0 atom stereocenters. The number of sulfonamides is 1. The lowest BCUT2D eigenvalue weighted by Gasteiger charge is -2.08. The van der Waals surface area contributed by atoms with Crippen LogP contribution in [0.1, 0.15) is 22.5 Å². The monoisotopic (exact) mass is 461 g/mol. The zero-order valence-electron chi connectivity index (χ0n) is 18.4. The van der Waals surface area contributed by atoms with Crippen LogP contribution < -0.4 is 9.46 Å². The quantitative estimate of drug-likeness (QED) is 0.425. The summed E-state index contributed by atoms with van der Waals surface area (Å²) in [5, 5.41) is 13.9. The molecule has 0 spiro atoms. The van der Waals surface area contributed by atoms with E-state index in [2.05, 4.69) is 20.0 Å². The highest BCUT2D eigenvalue weighted by atomic mass is 32.2. The minimum absolute atomic E-state index is 0.316. The van der Waals surface area contributed by atoms with E-state index >= 15 is 0 Å². The molecule has 0 aliphatic heterocycles. The minimum Gasteiger partial charge on any atom is -0.438 e. The van der Waals surface area contributed by atoms with Crippen molar-refractivity contribution in [3.63, 3.8) is 0 Å². The molecule has 0 saturated heterocycles. The molecule has 0 fully saturated rings. The maximum absolute atomic E-state index is 12.3. The van der Waals surface area contributed by atoms with Crippen molar-refractivity contribution in [2.24, 2.45) is 0 Å². The molecule has 0 saturated carbocycles. The Morgan fingerprint density at radius 2 is 1.64 bits per heavy atom. The van der Waals surface area contributed by atoms with Gasteiger partial charge in [0.2, 0.25) is 5.88 Å². The Hall–Kier alpha value is -3.98. The molecule has 168 valence electrons. The van der Waals surface area contributed by atoms with Crippen molar-refractivity contribution in [1.82, 2.24) is 20.0 Å². The van der Waals surface area contributed by atoms with E-state index in [1.54, 1.807) is 41.1 Å². The van der Waals surface area contributed by atoms with Crippen LogP contribution in [0, 0.1) is 20.8 Å². The van der Waals surface area contributed by atoms with E-state index < -0.39 is 10.0 Å². The first-order valence-electron chi connectivity index (χ1n) is 10.2. The van der Waals surface area contributed by atoms with Crippen LogP contribution >= 0.6 is 0 Å². The number of benzene rings is 2. The molecule has 4 aromatic rings. The van der Waals surface area contributed by atoms with Crippen LogP contribution in [0.2, 0.25) is 0 Å². The third kappa shape index (κ3) is 5.45. The second-order valence-corrected chi connectivity index (χ2v) is 8.99. The van der Waals surface area contributed by atoms with Gasteiger partial charge in [-0.1, -0.05) is 30.3 Å². The van der Waals surface area contributed by atoms with Crippen LogP contribution in [0.5, 0.6) is 11.6 Å². The van der Waals surface area contributed by atoms with Crippen molar-refractivity contribution in [3.8, 4) is 17.4 Å². The molecule has 4 rings (SSSR count). The van der Waals surface area contributed by atoms with Crippen LogP contribution in [0.25, 0.3) is 11.9 Å². The first kappa shape index (κ1) is 22.2. The van der Waals surface area contributed by atoms with Gasteiger partial charge in [-0.2, -0.15) is 5.10 Å². The van der Waals surface area contributed by atoms with Gasteiger partial charge in [-0.3, -0.25) is 4.72 Å². The third-order valence-corrected chi connectivity index (χ3v) is 6.09. The first-order valence-corrected chi connectivity index (χ1v) is 11.8. The van der Waals surface area contributed by atoms with Crippen molar-refractivity contribution >= 4 is 21.8 Å². The van der Waals surface area contributed by atoms with E-state index in [9.17, 15) is 8.42 Å². The van der Waals surface area contributed by atoms with Crippen LogP contribution in [0.15, 0.2) is 72.1 Å². The van der Waals surface area contributed by atoms with Gasteiger partial charge in [0.1, 0.15) is 5.75 Å². The molecule has 0 aliphatic carbocycles. The standard InChI is InChI=1S/C24H23N5O3S/c1-17-18(2)27-29(19(17)3)23-13-14-24(26-25-23)32-22-11-9-21(10-12-22)28-33(30,31)16-15-20-7-5-4-6-8-20/h4-16,28H,1-3H3/b16-15+. The smallest absolute Gasteiger partial charge is 0.255 e. The molecule has 2 aromatic heterocycles. The molecule has 1 N–H and O–H groups in total. The third-order valence-electron chi connectivity index (χ3n) is 5.07. The predicted octanol–water partition coefficient (Wildman–Crippen LogP) is 4.79. The number of ether oxygens (including phenoxy) is 1. The lowest BCUT2D eigenvalue weighted by Crippen LogP contribution is -2.08. The maximum Gasteiger partial charge on any atom is 0.255 e. The van der Waals surface area contributed by atoms with E-state index in [0.717, 1.165) is 27.9 Å². The highest BCUT2D eigenvalue weighted by Crippen LogP contribution is 2.23. The second kappa shape index (κ2) is 9.25. The lowest BCUT2D eigenvalue weighted by molar-refractivity contribution is 0.454. The van der Waals surface area contributed by atoms with E-state index in [4.69, 9.17) is 4.74 Å². The van der Waals surface area contributed by atoms with Crippen LogP contribution in [0.4, 0.5) is 5.69 Å². The van der Waals surface area contributed by atoms with Gasteiger partial charge in [-0.15, -0.1) is 10.2 Å². The summed E-state index contributed by atoms with van der Waals surface area (Å²) in [4.78, 5) is 0. The largest absolute Gasteiger partial charge is 0.438 e. The molecule has 0 radical (unpaired) electrons. The summed E-state index contributed by atoms with van der Waals surface area (Å²) in [6.45, 7) is 5.95. The average Bonchev–Trinajstić information content (AvgIpc) is 3.07. The van der Waals surface area contributed by atoms with E-state index in [1.165, 1.54) is 6.08 Å². The molecule has 0 aliphatic rings. The fourth-order valence-corrected chi connectivity index (χ4v) is 3.94. The topological polar surface area (TPSA) is 99.0 Å². The summed E-state index contributed by atoms with van der Waals surface area (Å²) in [5.41, 5.74) is 4.28. The molecular weight excluding hydrogens is 438 g/mol. The molecule has 0 bridgehead atoms. The summed E-state index contributed by atoms with van der Waals surface area (Å²) in [7, 11) is -3.64. The van der Waals surface area contributed by atoms with Gasteiger partial charge in [0.15, 0.2) is 5.82 Å². The van der Waals surface area contributed by atoms with Gasteiger partial charge in [-0.25, -0.2) is 13.1 Å². The Morgan fingerprint density at radius 3 is 2.24 bits per heavy atom. The molecule has 9 heteroatoms. The van der Waals surface area contributed by atoms with E-state index in [0.29, 0.717) is 23.1 Å². The molecule has 2 heterocycles. The maximum atomic E-state index is 12.3. The zero-order chi connectivity index (χ0) is 23.4. The van der Waals surface area contributed by atoms with Gasteiger partial charge in [-0.05, 0) is 68.3 Å². The first-order chi connectivity index (χ1) is 15.8. The van der Waals surface area contributed by atoms with Crippen LogP contribution in [-0.2, 0) is 10.0 Å². The van der Waals surface area contributed by atoms with Gasteiger partial charge in [0, 0.05) is 17.4 Å². The van der Waals surface area contributed by atoms with Gasteiger partial charge in [0.25, 0.3) is 10.0 Å². The van der Waals surface area contributed by atoms with Crippen LogP contribution in [0.3, 0.4) is 0 Å². The molecule has 2 aromatic carbocycles. The number of hydrogen-bond acceptors (Lipinski definition) is 6. The SMILES string of the molecule is Cc1nn(-c2ccc(Oc3ccc(NS(=O)(=O)/C=C/c4ccccc4)cc3)nn2)c(C)c1C. The van der Waals surface area contributed by atoms with Gasteiger partial charge in [0.05, 0.1) is 11.1 Å². The molecule has 8 nitrogen and oxygen atoms in total. The highest BCUT2D eigenvalue weighted by molar-refractivity contribution is 7.95. The fraction of sp³-hybridized carbons (Fsp3) is 0.125. The number of rotatable bonds is 7. The Kier molecular flexibility index (Phi) is 6.23. The molecule has 33 heavy (non-hydrogen) atoms. The number of nitrogens with zero attached hydrogens (tertiary/aromatic N) is 4. The van der Waals surface area contributed by atoms with Gasteiger partial charge < -0.3 is 4.74 Å². The Labute approximate surface area is 192 Å². The number of aryl methyl sites for hydroxylation is 1. The minimum atomic E-state index is -3.64. The lowest BCUT2D eigenvalue weighted by atomic mass is 10.2. The Bertz CT molecular complexity index is 1380. The number of nitrogens with one attached hydrogen (secondary N) is 1. The van der Waals surface area contributed by atoms with Crippen molar-refractivity contribution in [1.29, 1.82) is 0 Å². The summed E-state index contributed by atoms with van der Waals surface area (Å²) in [6, 6.07) is 19.2. The molecule has 0 unspecified atom stereocenters. The Morgan fingerprint density at radius 1 is 0.909 bits per heavy atom. The zero-order valence-corrected chi connectivity index (χ0v) is 19.2. The average molecular weight is 462 g/mol. The van der Waals surface area contributed by atoms with Crippen molar-refractivity contribution in [2.75, 3.05) is 4.72 Å². The van der Waals surface area contributed by atoms with Crippen molar-refractivity contribution in [3.05, 3.63) is 94.7 Å². The summed E-state index contributed by atoms with van der Waals surface area (Å²) in [6.07, 6.45) is 1.54. The normalized spacial score (nSPS) is 11.6. The summed E-state index contributed by atoms with van der Waals surface area (Å²) in [5.74, 6) is 1.42. The molecule has 0 amide bonds. The van der Waals surface area contributed by atoms with Crippen LogP contribution in [-0.4, -0.2) is 28.4 Å². The number of anilines is 1. The predicted molar refractivity (Wildman–Crippen MR) is 128 cm³/mol. The van der Waals surface area contributed by atoms with E-state index in [1.807, 2.05) is 51.1 Å². The second-order valence-electron chi connectivity index (χ2n) is 7.42. The van der Waals surface area contributed by atoms with Crippen molar-refractivity contribution < 1.29 is 13.2 Å². The van der Waals surface area contributed by atoms with Gasteiger partial charge >= 0.3 is 0 Å². The summed E-state index contributed by atoms with van der Waals surface area (Å²) < 4.78 is 34.6. The highest BCUT2D eigenvalue weighted by Gasteiger charge is 2.11. The Balaban J connectivity index is 1.40. The number of aromatic nitrogens is 4. The van der Waals surface area contributed by atoms with Crippen molar-refractivity contribution in [2.45, 2.75) is 20.8 Å².